The first kappa shape index (κ1) is 12.5. The Kier molecular flexibility index (Phi) is 4.30. The van der Waals surface area contributed by atoms with Crippen LogP contribution in [0, 0.1) is 23.1 Å². The topological polar surface area (TPSA) is 33.0 Å². The van der Waals surface area contributed by atoms with Gasteiger partial charge in [0.25, 0.3) is 0 Å². The van der Waals surface area contributed by atoms with Crippen LogP contribution in [0.5, 0.6) is 5.75 Å². The van der Waals surface area contributed by atoms with E-state index in [0.717, 1.165) is 6.42 Å². The molecule has 0 saturated carbocycles. The molecule has 16 heavy (non-hydrogen) atoms. The first-order valence-corrected chi connectivity index (χ1v) is 5.39. The summed E-state index contributed by atoms with van der Waals surface area (Å²) in [4.78, 5) is 0. The molecule has 0 spiro atoms. The van der Waals surface area contributed by atoms with Crippen LogP contribution in [0.1, 0.15) is 32.8 Å². The second-order valence-corrected chi connectivity index (χ2v) is 4.31. The Labute approximate surface area is 95.7 Å². The summed E-state index contributed by atoms with van der Waals surface area (Å²) >= 11 is 0. The zero-order valence-electron chi connectivity index (χ0n) is 9.83. The molecule has 0 amide bonds. The van der Waals surface area contributed by atoms with Crippen LogP contribution in [-0.2, 0) is 0 Å². The minimum atomic E-state index is -0.416. The molecular formula is C13H16FNO. The van der Waals surface area contributed by atoms with E-state index in [0.29, 0.717) is 11.7 Å². The third kappa shape index (κ3) is 3.54. The standard InChI is InChI=1S/C13H16FNO/c1-9(2)6-10(3)16-13-5-4-12(14)7-11(13)8-15/h4-5,7,9-10H,6H2,1-3H3. The van der Waals surface area contributed by atoms with E-state index in [1.54, 1.807) is 0 Å². The van der Waals surface area contributed by atoms with Crippen molar-refractivity contribution < 1.29 is 9.13 Å². The first-order chi connectivity index (χ1) is 7.52. The van der Waals surface area contributed by atoms with E-state index in [1.807, 2.05) is 13.0 Å². The van der Waals surface area contributed by atoms with E-state index in [4.69, 9.17) is 10.00 Å². The summed E-state index contributed by atoms with van der Waals surface area (Å²) in [6, 6.07) is 5.93. The van der Waals surface area contributed by atoms with Gasteiger partial charge in [-0.05, 0) is 37.5 Å². The van der Waals surface area contributed by atoms with Gasteiger partial charge in [0.2, 0.25) is 0 Å². The van der Waals surface area contributed by atoms with Crippen molar-refractivity contribution in [2.75, 3.05) is 0 Å². The summed E-state index contributed by atoms with van der Waals surface area (Å²) in [6.45, 7) is 6.16. The number of ether oxygens (including phenoxy) is 1. The van der Waals surface area contributed by atoms with E-state index >= 15 is 0 Å². The SMILES string of the molecule is CC(C)CC(C)Oc1ccc(F)cc1C#N. The van der Waals surface area contributed by atoms with Crippen LogP contribution in [0.4, 0.5) is 4.39 Å². The second kappa shape index (κ2) is 5.50. The molecule has 1 atom stereocenters. The fourth-order valence-corrected chi connectivity index (χ4v) is 1.62. The lowest BCUT2D eigenvalue weighted by molar-refractivity contribution is 0.192. The van der Waals surface area contributed by atoms with Gasteiger partial charge in [0.05, 0.1) is 11.7 Å². The van der Waals surface area contributed by atoms with Gasteiger partial charge in [-0.15, -0.1) is 0 Å². The Hall–Kier alpha value is -1.56. The van der Waals surface area contributed by atoms with Gasteiger partial charge in [0.15, 0.2) is 0 Å². The minimum absolute atomic E-state index is 0.0255. The molecule has 0 bridgehead atoms. The summed E-state index contributed by atoms with van der Waals surface area (Å²) in [5, 5.41) is 8.84. The van der Waals surface area contributed by atoms with Gasteiger partial charge >= 0.3 is 0 Å². The molecule has 0 aliphatic carbocycles. The fourth-order valence-electron chi connectivity index (χ4n) is 1.62. The number of hydrogen-bond acceptors (Lipinski definition) is 2. The summed E-state index contributed by atoms with van der Waals surface area (Å²) in [5.41, 5.74) is 0.246. The number of benzene rings is 1. The van der Waals surface area contributed by atoms with Gasteiger partial charge in [0, 0.05) is 0 Å². The second-order valence-electron chi connectivity index (χ2n) is 4.31. The highest BCUT2D eigenvalue weighted by Gasteiger charge is 2.10. The van der Waals surface area contributed by atoms with Gasteiger partial charge < -0.3 is 4.74 Å². The van der Waals surface area contributed by atoms with Crippen molar-refractivity contribution in [3.8, 4) is 11.8 Å². The largest absolute Gasteiger partial charge is 0.489 e. The smallest absolute Gasteiger partial charge is 0.137 e. The minimum Gasteiger partial charge on any atom is -0.489 e. The molecule has 0 aliphatic rings. The van der Waals surface area contributed by atoms with E-state index < -0.39 is 5.82 Å². The zero-order valence-corrected chi connectivity index (χ0v) is 9.83. The van der Waals surface area contributed by atoms with Crippen molar-refractivity contribution in [3.63, 3.8) is 0 Å². The van der Waals surface area contributed by atoms with Crippen LogP contribution in [0.3, 0.4) is 0 Å². The van der Waals surface area contributed by atoms with Crippen molar-refractivity contribution in [3.05, 3.63) is 29.6 Å². The molecule has 1 unspecified atom stereocenters. The molecule has 1 aromatic rings. The molecule has 1 rings (SSSR count). The molecule has 0 N–H and O–H groups in total. The van der Waals surface area contributed by atoms with E-state index in [1.165, 1.54) is 18.2 Å². The van der Waals surface area contributed by atoms with Crippen LogP contribution < -0.4 is 4.74 Å². The normalized spacial score (nSPS) is 12.2. The lowest BCUT2D eigenvalue weighted by atomic mass is 10.1. The maximum atomic E-state index is 12.9. The molecular weight excluding hydrogens is 205 g/mol. The molecule has 1 aromatic carbocycles. The predicted molar refractivity (Wildman–Crippen MR) is 60.7 cm³/mol. The molecule has 0 aromatic heterocycles. The predicted octanol–water partition coefficient (Wildman–Crippen LogP) is 3.51. The summed E-state index contributed by atoms with van der Waals surface area (Å²) in [5.74, 6) is 0.568. The number of nitrogens with zero attached hydrogens (tertiary/aromatic N) is 1. The van der Waals surface area contributed by atoms with Crippen LogP contribution in [0.25, 0.3) is 0 Å². The third-order valence-corrected chi connectivity index (χ3v) is 2.19. The van der Waals surface area contributed by atoms with Crippen molar-refractivity contribution in [1.29, 1.82) is 5.26 Å². The molecule has 0 fully saturated rings. The number of hydrogen-bond donors (Lipinski definition) is 0. The molecule has 3 heteroatoms. The Morgan fingerprint density at radius 1 is 1.38 bits per heavy atom. The Bertz CT molecular complexity index is 395. The number of halogens is 1. The molecule has 0 saturated heterocycles. The third-order valence-electron chi connectivity index (χ3n) is 2.19. The van der Waals surface area contributed by atoms with Crippen molar-refractivity contribution in [2.45, 2.75) is 33.3 Å². The van der Waals surface area contributed by atoms with Gasteiger partial charge in [0.1, 0.15) is 17.6 Å². The molecule has 0 heterocycles. The van der Waals surface area contributed by atoms with Gasteiger partial charge in [-0.25, -0.2) is 4.39 Å². The van der Waals surface area contributed by atoms with E-state index in [-0.39, 0.29) is 11.7 Å². The van der Waals surface area contributed by atoms with E-state index in [9.17, 15) is 4.39 Å². The van der Waals surface area contributed by atoms with Crippen molar-refractivity contribution in [2.24, 2.45) is 5.92 Å². The Morgan fingerprint density at radius 2 is 2.06 bits per heavy atom. The highest BCUT2D eigenvalue weighted by atomic mass is 19.1. The van der Waals surface area contributed by atoms with Crippen LogP contribution in [0.15, 0.2) is 18.2 Å². The fraction of sp³-hybridized carbons (Fsp3) is 0.462. The summed E-state index contributed by atoms with van der Waals surface area (Å²) < 4.78 is 18.5. The highest BCUT2D eigenvalue weighted by Crippen LogP contribution is 2.21. The van der Waals surface area contributed by atoms with Crippen LogP contribution in [0.2, 0.25) is 0 Å². The number of nitriles is 1. The number of rotatable bonds is 4. The van der Waals surface area contributed by atoms with Gasteiger partial charge in [-0.2, -0.15) is 5.26 Å². The Morgan fingerprint density at radius 3 is 2.62 bits per heavy atom. The lowest BCUT2D eigenvalue weighted by Gasteiger charge is -2.17. The molecule has 0 radical (unpaired) electrons. The average molecular weight is 221 g/mol. The van der Waals surface area contributed by atoms with Gasteiger partial charge in [-0.3, -0.25) is 0 Å². The maximum absolute atomic E-state index is 12.9. The van der Waals surface area contributed by atoms with Gasteiger partial charge in [-0.1, -0.05) is 13.8 Å². The lowest BCUT2D eigenvalue weighted by Crippen LogP contribution is -2.15. The first-order valence-electron chi connectivity index (χ1n) is 5.39. The maximum Gasteiger partial charge on any atom is 0.137 e. The van der Waals surface area contributed by atoms with E-state index in [2.05, 4.69) is 13.8 Å². The molecule has 86 valence electrons. The van der Waals surface area contributed by atoms with Crippen molar-refractivity contribution >= 4 is 0 Å². The summed E-state index contributed by atoms with van der Waals surface area (Å²) in [6.07, 6.45) is 0.931. The molecule has 0 aliphatic heterocycles. The highest BCUT2D eigenvalue weighted by molar-refractivity contribution is 5.43. The van der Waals surface area contributed by atoms with Crippen LogP contribution in [-0.4, -0.2) is 6.10 Å². The van der Waals surface area contributed by atoms with Crippen molar-refractivity contribution in [1.82, 2.24) is 0 Å². The molecule has 2 nitrogen and oxygen atoms in total. The Balaban J connectivity index is 2.77. The summed E-state index contributed by atoms with van der Waals surface area (Å²) in [7, 11) is 0. The monoisotopic (exact) mass is 221 g/mol. The van der Waals surface area contributed by atoms with Crippen LogP contribution >= 0.6 is 0 Å². The zero-order chi connectivity index (χ0) is 12.1. The average Bonchev–Trinajstić information content (AvgIpc) is 2.19. The quantitative estimate of drug-likeness (QED) is 0.779.